The first-order valence-corrected chi connectivity index (χ1v) is 2.32. The Morgan fingerprint density at radius 2 is 2.25 bits per heavy atom. The Balaban J connectivity index is 0. The van der Waals surface area contributed by atoms with Crippen molar-refractivity contribution in [3.05, 3.63) is 0 Å². The third-order valence-electron chi connectivity index (χ3n) is 0.497. The summed E-state index contributed by atoms with van der Waals surface area (Å²) in [6.45, 7) is 0. The molecule has 1 atom stereocenters. The van der Waals surface area contributed by atoms with Crippen molar-refractivity contribution in [3.63, 3.8) is 0 Å². The van der Waals surface area contributed by atoms with E-state index in [1.807, 2.05) is 0 Å². The Bertz CT molecular complexity index is 79.7. The van der Waals surface area contributed by atoms with E-state index in [9.17, 15) is 4.79 Å². The fraction of sp³-hybridized carbons (Fsp3) is 0.667. The van der Waals surface area contributed by atoms with Crippen molar-refractivity contribution in [2.45, 2.75) is 6.04 Å². The van der Waals surface area contributed by atoms with Gasteiger partial charge in [0.2, 0.25) is 0 Å². The summed E-state index contributed by atoms with van der Waals surface area (Å²) in [6.07, 6.45) is 0. The van der Waals surface area contributed by atoms with Crippen LogP contribution in [0.25, 0.3) is 0 Å². The molecule has 0 aromatic carbocycles. The second kappa shape index (κ2) is 5.83. The average Bonchev–Trinajstić information content (AvgIpc) is 1.65. The van der Waals surface area contributed by atoms with Crippen molar-refractivity contribution in [3.8, 4) is 0 Å². The molecule has 0 saturated heterocycles. The van der Waals surface area contributed by atoms with Gasteiger partial charge in [0, 0.05) is 0 Å². The van der Waals surface area contributed by atoms with Crippen LogP contribution < -0.4 is 5.73 Å². The van der Waals surface area contributed by atoms with Crippen molar-refractivity contribution >= 4 is 45.9 Å². The Morgan fingerprint density at radius 3 is 2.25 bits per heavy atom. The zero-order valence-electron chi connectivity index (χ0n) is 4.33. The first kappa shape index (κ1) is 11.5. The van der Waals surface area contributed by atoms with Crippen LogP contribution in [-0.2, 0) is 17.4 Å². The van der Waals surface area contributed by atoms with Crippen LogP contribution in [0, 0.1) is 0 Å². The predicted octanol–water partition coefficient (Wildman–Crippen LogP) is -1.97. The summed E-state index contributed by atoms with van der Waals surface area (Å²) in [7, 11) is 0. The minimum absolute atomic E-state index is 0. The zero-order chi connectivity index (χ0) is 5.86. The molecular formula is C3H8NO2PbS+. The molecule has 46 valence electrons. The molecule has 0 heterocycles. The van der Waals surface area contributed by atoms with Crippen molar-refractivity contribution in [2.75, 3.05) is 5.75 Å². The van der Waals surface area contributed by atoms with Crippen LogP contribution in [0.4, 0.5) is 0 Å². The minimum atomic E-state index is -1.03. The molecule has 0 aliphatic carbocycles. The summed E-state index contributed by atoms with van der Waals surface area (Å²) in [5.41, 5.74) is 4.91. The van der Waals surface area contributed by atoms with Gasteiger partial charge in [-0.2, -0.15) is 5.75 Å². The zero-order valence-corrected chi connectivity index (χ0v) is 10.6. The first-order valence-electron chi connectivity index (χ1n) is 1.75. The van der Waals surface area contributed by atoms with Gasteiger partial charge in [-0.15, -0.1) is 0 Å². The molecule has 3 N–H and O–H groups in total. The van der Waals surface area contributed by atoms with Crippen molar-refractivity contribution in [1.82, 2.24) is 0 Å². The Kier molecular flexibility index (Phi) is 8.38. The number of aliphatic carboxylic acids is 1. The van der Waals surface area contributed by atoms with Gasteiger partial charge in [0.1, 0.15) is 0 Å². The third-order valence-corrected chi connectivity index (χ3v) is 0.856. The maximum atomic E-state index is 9.74. The summed E-state index contributed by atoms with van der Waals surface area (Å²) in [5.74, 6) is -0.954. The number of nitrogens with two attached hydrogens (primary N) is 1. The van der Waals surface area contributed by atoms with Gasteiger partial charge in [-0.3, -0.25) is 4.79 Å². The standard InChI is InChI=1S/C3H7NO2S.Pb.2H/c4-2(1-7)3(5)6;;;/h2,7H,1,4H2,(H,5,6);;;/q;+2;;/p-1. The van der Waals surface area contributed by atoms with E-state index < -0.39 is 12.0 Å². The molecule has 5 heteroatoms. The van der Waals surface area contributed by atoms with Crippen LogP contribution in [-0.4, -0.2) is 50.2 Å². The Morgan fingerprint density at radius 1 is 1.88 bits per heavy atom. The predicted molar refractivity (Wildman–Crippen MR) is 36.4 cm³/mol. The van der Waals surface area contributed by atoms with Gasteiger partial charge in [0.05, 0.1) is 6.04 Å². The van der Waals surface area contributed by atoms with Crippen LogP contribution >= 0.6 is 0 Å². The Labute approximate surface area is 73.2 Å². The van der Waals surface area contributed by atoms with E-state index in [0.717, 1.165) is 0 Å². The summed E-state index contributed by atoms with van der Waals surface area (Å²) in [5, 5.41) is 7.99. The molecule has 0 aliphatic rings. The summed E-state index contributed by atoms with van der Waals surface area (Å²) < 4.78 is 0. The van der Waals surface area contributed by atoms with Gasteiger partial charge in [0.15, 0.2) is 0 Å². The number of carbonyl (C=O) groups is 1. The molecule has 0 amide bonds. The molecule has 0 rings (SSSR count). The number of carboxylic acid groups (broad SMARTS) is 1. The summed E-state index contributed by atoms with van der Waals surface area (Å²) >= 11 is 4.35. The number of hydrogen-bond acceptors (Lipinski definition) is 3. The number of rotatable bonds is 2. The van der Waals surface area contributed by atoms with E-state index in [-0.39, 0.29) is 33.1 Å². The van der Waals surface area contributed by atoms with Gasteiger partial charge >= 0.3 is 33.3 Å². The van der Waals surface area contributed by atoms with E-state index in [4.69, 9.17) is 10.8 Å². The fourth-order valence-electron chi connectivity index (χ4n) is 0.0713. The fourth-order valence-corrected chi connectivity index (χ4v) is 0.214. The first-order chi connectivity index (χ1) is 3.18. The van der Waals surface area contributed by atoms with E-state index in [1.165, 1.54) is 0 Å². The topological polar surface area (TPSA) is 63.3 Å². The summed E-state index contributed by atoms with van der Waals surface area (Å²) in [4.78, 5) is 9.74. The third kappa shape index (κ3) is 4.85. The molecule has 0 fully saturated rings. The molecule has 0 spiro atoms. The normalized spacial score (nSPS) is 11.8. The van der Waals surface area contributed by atoms with Crippen LogP contribution in [0.5, 0.6) is 0 Å². The molecule has 0 aliphatic heterocycles. The molecule has 0 saturated carbocycles. The monoisotopic (exact) mass is 330 g/mol. The van der Waals surface area contributed by atoms with Gasteiger partial charge in [-0.1, -0.05) is 0 Å². The van der Waals surface area contributed by atoms with E-state index in [1.54, 1.807) is 0 Å². The molecule has 0 bridgehead atoms. The molecule has 1 unspecified atom stereocenters. The van der Waals surface area contributed by atoms with E-state index >= 15 is 0 Å². The van der Waals surface area contributed by atoms with Gasteiger partial charge in [-0.25, -0.2) is 0 Å². The van der Waals surface area contributed by atoms with Gasteiger partial charge < -0.3 is 23.5 Å². The average molecular weight is 329 g/mol. The molecule has 8 heavy (non-hydrogen) atoms. The molecule has 3 nitrogen and oxygen atoms in total. The second-order valence-corrected chi connectivity index (χ2v) is 1.44. The maximum absolute atomic E-state index is 9.74. The molecule has 0 aromatic rings. The van der Waals surface area contributed by atoms with Gasteiger partial charge in [0.25, 0.3) is 0 Å². The van der Waals surface area contributed by atoms with Crippen molar-refractivity contribution < 1.29 is 9.90 Å². The van der Waals surface area contributed by atoms with Crippen LogP contribution in [0.2, 0.25) is 0 Å². The SMILES string of the molecule is NC(C[S-])C(=O)O.[PbH2+2]. The number of carboxylic acids is 1. The molecule has 0 radical (unpaired) electrons. The summed E-state index contributed by atoms with van der Waals surface area (Å²) in [6, 6.07) is -0.866. The van der Waals surface area contributed by atoms with Crippen LogP contribution in [0.15, 0.2) is 0 Å². The van der Waals surface area contributed by atoms with E-state index in [2.05, 4.69) is 12.6 Å². The number of hydrogen-bond donors (Lipinski definition) is 2. The van der Waals surface area contributed by atoms with Crippen LogP contribution in [0.1, 0.15) is 0 Å². The quantitative estimate of drug-likeness (QED) is 0.456. The molecular weight excluding hydrogens is 321 g/mol. The van der Waals surface area contributed by atoms with Crippen molar-refractivity contribution in [1.29, 1.82) is 0 Å². The Hall–Kier alpha value is 0.702. The van der Waals surface area contributed by atoms with Gasteiger partial charge in [-0.05, 0) is 0 Å². The van der Waals surface area contributed by atoms with E-state index in [0.29, 0.717) is 0 Å². The van der Waals surface area contributed by atoms with Crippen LogP contribution in [0.3, 0.4) is 0 Å². The molecule has 0 aromatic heterocycles. The van der Waals surface area contributed by atoms with Crippen molar-refractivity contribution in [2.24, 2.45) is 5.73 Å². The second-order valence-electron chi connectivity index (χ2n) is 1.11.